The third kappa shape index (κ3) is 5.00. The Bertz CT molecular complexity index is 982. The highest BCUT2D eigenvalue weighted by molar-refractivity contribution is 7.89. The highest BCUT2D eigenvalue weighted by Crippen LogP contribution is 2.30. The molecule has 0 spiro atoms. The molecule has 0 saturated carbocycles. The van der Waals surface area contributed by atoms with E-state index in [4.69, 9.17) is 14.7 Å². The number of rotatable bonds is 8. The van der Waals surface area contributed by atoms with Gasteiger partial charge in [-0.15, -0.1) is 0 Å². The molecule has 0 aliphatic heterocycles. The number of carbonyl (C=O) groups is 1. The van der Waals surface area contributed by atoms with E-state index in [1.54, 1.807) is 30.3 Å². The number of nitrogens with zero attached hydrogens (tertiary/aromatic N) is 2. The lowest BCUT2D eigenvalue weighted by atomic mass is 10.1. The zero-order valence-electron chi connectivity index (χ0n) is 15.8. The van der Waals surface area contributed by atoms with E-state index in [2.05, 4.69) is 5.32 Å². The van der Waals surface area contributed by atoms with E-state index in [9.17, 15) is 13.2 Å². The quantitative estimate of drug-likeness (QED) is 0.722. The van der Waals surface area contributed by atoms with Gasteiger partial charge < -0.3 is 14.8 Å². The van der Waals surface area contributed by atoms with Gasteiger partial charge in [-0.2, -0.15) is 9.57 Å². The molecule has 0 unspecified atom stereocenters. The summed E-state index contributed by atoms with van der Waals surface area (Å²) in [6.45, 7) is -0.386. The van der Waals surface area contributed by atoms with E-state index >= 15 is 0 Å². The molecule has 28 heavy (non-hydrogen) atoms. The second-order valence-corrected chi connectivity index (χ2v) is 7.87. The molecule has 0 saturated heterocycles. The van der Waals surface area contributed by atoms with Crippen LogP contribution in [0.5, 0.6) is 11.5 Å². The molecule has 0 fully saturated rings. The van der Waals surface area contributed by atoms with Crippen molar-refractivity contribution >= 4 is 21.6 Å². The summed E-state index contributed by atoms with van der Waals surface area (Å²) in [4.78, 5) is 12.2. The van der Waals surface area contributed by atoms with Crippen molar-refractivity contribution in [2.24, 2.45) is 0 Å². The Labute approximate surface area is 164 Å². The van der Waals surface area contributed by atoms with Crippen molar-refractivity contribution in [3.63, 3.8) is 0 Å². The van der Waals surface area contributed by atoms with Gasteiger partial charge in [-0.25, -0.2) is 8.42 Å². The molecule has 148 valence electrons. The van der Waals surface area contributed by atoms with Crippen molar-refractivity contribution in [2.75, 3.05) is 33.1 Å². The maximum Gasteiger partial charge on any atom is 0.247 e. The first kappa shape index (κ1) is 21.2. The number of ether oxygens (including phenoxy) is 2. The number of hydrogen-bond acceptors (Lipinski definition) is 6. The number of methoxy groups -OCH3 is 2. The molecule has 2 aromatic rings. The van der Waals surface area contributed by atoms with Crippen molar-refractivity contribution in [1.82, 2.24) is 4.31 Å². The molecule has 0 atom stereocenters. The second-order valence-electron chi connectivity index (χ2n) is 5.86. The summed E-state index contributed by atoms with van der Waals surface area (Å²) in [5.41, 5.74) is 1.33. The van der Waals surface area contributed by atoms with E-state index in [1.807, 2.05) is 6.07 Å². The molecule has 8 nitrogen and oxygen atoms in total. The third-order valence-corrected chi connectivity index (χ3v) is 5.77. The first-order valence-corrected chi connectivity index (χ1v) is 9.70. The highest BCUT2D eigenvalue weighted by atomic mass is 32.2. The number of nitriles is 1. The fraction of sp³-hybridized carbons (Fsp3) is 0.263. The molecule has 1 N–H and O–H groups in total. The van der Waals surface area contributed by atoms with Crippen LogP contribution in [-0.4, -0.2) is 46.4 Å². The van der Waals surface area contributed by atoms with Gasteiger partial charge in [0.2, 0.25) is 15.9 Å². The summed E-state index contributed by atoms with van der Waals surface area (Å²) in [6, 6.07) is 13.2. The molecule has 0 aromatic heterocycles. The van der Waals surface area contributed by atoms with Gasteiger partial charge in [0.1, 0.15) is 16.4 Å². The van der Waals surface area contributed by atoms with E-state index in [-0.39, 0.29) is 23.6 Å². The number of sulfonamides is 1. The SMILES string of the molecule is COc1ccc(OC)c(S(=O)(=O)N(C)CC(=O)Nc2ccc(CC#N)cc2)c1. The monoisotopic (exact) mass is 403 g/mol. The Kier molecular flexibility index (Phi) is 6.98. The summed E-state index contributed by atoms with van der Waals surface area (Å²) in [5, 5.41) is 11.3. The Morgan fingerprint density at radius 1 is 1.14 bits per heavy atom. The third-order valence-electron chi connectivity index (χ3n) is 3.95. The number of benzene rings is 2. The molecular weight excluding hydrogens is 382 g/mol. The number of nitrogens with one attached hydrogen (secondary N) is 1. The van der Waals surface area contributed by atoms with Gasteiger partial charge in [-0.05, 0) is 29.8 Å². The summed E-state index contributed by atoms with van der Waals surface area (Å²) >= 11 is 0. The number of likely N-dealkylation sites (N-methyl/N-ethyl adjacent to an activating group) is 1. The van der Waals surface area contributed by atoms with Gasteiger partial charge in [-0.1, -0.05) is 12.1 Å². The Morgan fingerprint density at radius 3 is 2.39 bits per heavy atom. The van der Waals surface area contributed by atoms with E-state index < -0.39 is 15.9 Å². The summed E-state index contributed by atoms with van der Waals surface area (Å²) in [6.07, 6.45) is 0.275. The van der Waals surface area contributed by atoms with Crippen LogP contribution in [0.4, 0.5) is 5.69 Å². The van der Waals surface area contributed by atoms with Crippen LogP contribution in [0.1, 0.15) is 5.56 Å². The molecule has 2 aromatic carbocycles. The van der Waals surface area contributed by atoms with Gasteiger partial charge in [0.15, 0.2) is 0 Å². The van der Waals surface area contributed by atoms with Gasteiger partial charge in [0.05, 0.1) is 33.3 Å². The molecule has 0 aliphatic rings. The fourth-order valence-electron chi connectivity index (χ4n) is 2.44. The van der Waals surface area contributed by atoms with Crippen LogP contribution in [0.25, 0.3) is 0 Å². The first-order valence-electron chi connectivity index (χ1n) is 8.26. The van der Waals surface area contributed by atoms with Crippen LogP contribution in [0.15, 0.2) is 47.4 Å². The molecule has 0 heterocycles. The second kappa shape index (κ2) is 9.21. The van der Waals surface area contributed by atoms with Crippen molar-refractivity contribution in [3.05, 3.63) is 48.0 Å². The Hall–Kier alpha value is -3.09. The predicted octanol–water partition coefficient (Wildman–Crippen LogP) is 2.03. The lowest BCUT2D eigenvalue weighted by Gasteiger charge is -2.19. The van der Waals surface area contributed by atoms with E-state index in [0.717, 1.165) is 9.87 Å². The zero-order chi connectivity index (χ0) is 20.7. The molecule has 1 amide bonds. The van der Waals surface area contributed by atoms with Gasteiger partial charge >= 0.3 is 0 Å². The van der Waals surface area contributed by atoms with Gasteiger partial charge in [0, 0.05) is 18.8 Å². The maximum absolute atomic E-state index is 12.9. The smallest absolute Gasteiger partial charge is 0.247 e. The van der Waals surface area contributed by atoms with Crippen LogP contribution in [0.2, 0.25) is 0 Å². The lowest BCUT2D eigenvalue weighted by Crippen LogP contribution is -2.35. The summed E-state index contributed by atoms with van der Waals surface area (Å²) in [7, 11) is 0.118. The fourth-order valence-corrected chi connectivity index (χ4v) is 3.73. The Morgan fingerprint density at radius 2 is 1.82 bits per heavy atom. The normalized spacial score (nSPS) is 11.0. The zero-order valence-corrected chi connectivity index (χ0v) is 16.6. The minimum atomic E-state index is -3.98. The van der Waals surface area contributed by atoms with E-state index in [1.165, 1.54) is 33.4 Å². The van der Waals surface area contributed by atoms with Crippen molar-refractivity contribution in [2.45, 2.75) is 11.3 Å². The van der Waals surface area contributed by atoms with Crippen LogP contribution in [0.3, 0.4) is 0 Å². The predicted molar refractivity (Wildman–Crippen MR) is 104 cm³/mol. The van der Waals surface area contributed by atoms with Crippen molar-refractivity contribution in [1.29, 1.82) is 5.26 Å². The minimum Gasteiger partial charge on any atom is -0.497 e. The molecular formula is C19H21N3O5S. The molecule has 0 bridgehead atoms. The number of carbonyl (C=O) groups excluding carboxylic acids is 1. The van der Waals surface area contributed by atoms with Gasteiger partial charge in [-0.3, -0.25) is 4.79 Å². The van der Waals surface area contributed by atoms with Crippen LogP contribution in [-0.2, 0) is 21.2 Å². The summed E-state index contributed by atoms with van der Waals surface area (Å²) < 4.78 is 36.9. The molecule has 9 heteroatoms. The standard InChI is InChI=1S/C19H21N3O5S/c1-22(13-19(23)21-15-6-4-14(5-7-15)10-11-20)28(24,25)18-12-16(26-2)8-9-17(18)27-3/h4-9,12H,10,13H2,1-3H3,(H,21,23). The highest BCUT2D eigenvalue weighted by Gasteiger charge is 2.27. The average Bonchev–Trinajstić information content (AvgIpc) is 2.69. The topological polar surface area (TPSA) is 109 Å². The number of amides is 1. The van der Waals surface area contributed by atoms with Crippen LogP contribution in [0, 0.1) is 11.3 Å². The summed E-state index contributed by atoms with van der Waals surface area (Å²) in [5.74, 6) is 0.0109. The van der Waals surface area contributed by atoms with Crippen LogP contribution < -0.4 is 14.8 Å². The largest absolute Gasteiger partial charge is 0.497 e. The number of anilines is 1. The average molecular weight is 403 g/mol. The minimum absolute atomic E-state index is 0.0921. The van der Waals surface area contributed by atoms with Crippen LogP contribution >= 0.6 is 0 Å². The van der Waals surface area contributed by atoms with Crippen molar-refractivity contribution < 1.29 is 22.7 Å². The lowest BCUT2D eigenvalue weighted by molar-refractivity contribution is -0.116. The van der Waals surface area contributed by atoms with E-state index in [0.29, 0.717) is 11.4 Å². The Balaban J connectivity index is 2.13. The van der Waals surface area contributed by atoms with Crippen molar-refractivity contribution in [3.8, 4) is 17.6 Å². The first-order chi connectivity index (χ1) is 13.3. The molecule has 2 rings (SSSR count). The number of hydrogen-bond donors (Lipinski definition) is 1. The molecule has 0 aliphatic carbocycles. The molecule has 0 radical (unpaired) electrons. The maximum atomic E-state index is 12.9. The van der Waals surface area contributed by atoms with Gasteiger partial charge in [0.25, 0.3) is 0 Å².